The van der Waals surface area contributed by atoms with Crippen LogP contribution < -0.4 is 0 Å². The van der Waals surface area contributed by atoms with E-state index in [0.29, 0.717) is 16.7 Å². The average molecular weight is 423 g/mol. The highest BCUT2D eigenvalue weighted by molar-refractivity contribution is 7.81. The van der Waals surface area contributed by atoms with Crippen LogP contribution in [0.2, 0.25) is 0 Å². The summed E-state index contributed by atoms with van der Waals surface area (Å²) in [5.41, 5.74) is 3.38. The number of carbonyl (C=O) groups excluding carboxylic acids is 1. The van der Waals surface area contributed by atoms with Gasteiger partial charge in [-0.25, -0.2) is 0 Å². The van der Waals surface area contributed by atoms with Gasteiger partial charge in [-0.15, -0.1) is 0 Å². The largest absolute Gasteiger partial charge is 0.394 e. The van der Waals surface area contributed by atoms with E-state index in [0.717, 1.165) is 12.0 Å². The summed E-state index contributed by atoms with van der Waals surface area (Å²) in [6.45, 7) is 10.9. The van der Waals surface area contributed by atoms with Crippen molar-refractivity contribution >= 4 is 12.7 Å². The minimum atomic E-state index is -3.95. The van der Waals surface area contributed by atoms with Crippen molar-refractivity contribution in [2.45, 2.75) is 59.9 Å². The molecule has 0 bridgehead atoms. The van der Waals surface area contributed by atoms with Crippen LogP contribution in [-0.4, -0.2) is 45.6 Å². The van der Waals surface area contributed by atoms with E-state index in [4.69, 9.17) is 0 Å². The second-order valence-electron chi connectivity index (χ2n) is 8.94. The maximum atomic E-state index is 14.2. The van der Waals surface area contributed by atoms with Crippen molar-refractivity contribution in [2.75, 3.05) is 12.8 Å². The number of carbonyl (C=O) groups is 1. The molecule has 0 radical (unpaired) electrons. The highest BCUT2D eigenvalue weighted by Gasteiger charge is 2.48. The van der Waals surface area contributed by atoms with Crippen molar-refractivity contribution in [2.24, 2.45) is 17.8 Å². The van der Waals surface area contributed by atoms with Gasteiger partial charge in [0.25, 0.3) is 0 Å². The normalized spacial score (nSPS) is 26.4. The third-order valence-electron chi connectivity index (χ3n) is 6.15. The molecule has 1 aromatic carbocycles. The molecule has 1 aliphatic carbocycles. The number of aryl methyl sites for hydroxylation is 3. The summed E-state index contributed by atoms with van der Waals surface area (Å²) in [4.78, 5) is 13.6. The molecule has 0 amide bonds. The maximum Gasteiger partial charge on any atom is 0.224 e. The molecule has 0 saturated carbocycles. The molecule has 1 aromatic rings. The Balaban J connectivity index is 2.57. The quantitative estimate of drug-likeness (QED) is 0.456. The summed E-state index contributed by atoms with van der Waals surface area (Å²) in [5, 5.41) is 30.8. The predicted molar refractivity (Wildman–Crippen MR) is 117 cm³/mol. The second-order valence-corrected chi connectivity index (χ2v) is 11.8. The topological polar surface area (TPSA) is 94.8 Å². The summed E-state index contributed by atoms with van der Waals surface area (Å²) in [6, 6.07) is 3.72. The summed E-state index contributed by atoms with van der Waals surface area (Å²) in [6.07, 6.45) is 1.09. The molecule has 2 rings (SSSR count). The van der Waals surface area contributed by atoms with Gasteiger partial charge in [-0.2, -0.15) is 0 Å². The first-order chi connectivity index (χ1) is 13.4. The molecule has 0 aromatic heterocycles. The van der Waals surface area contributed by atoms with Crippen molar-refractivity contribution < 1.29 is 24.7 Å². The van der Waals surface area contributed by atoms with Crippen LogP contribution in [0.3, 0.4) is 0 Å². The molecule has 29 heavy (non-hydrogen) atoms. The SMILES string of the molecule is CC1=CC(C)C(C(O)P(=O)(CC(O)CO)C(=O)c2c(C)cc(C)cc2C)C(C)C1. The fraction of sp³-hybridized carbons (Fsp3) is 0.609. The van der Waals surface area contributed by atoms with Crippen LogP contribution in [0.1, 0.15) is 54.2 Å². The molecular formula is C23H35O5P. The molecule has 0 heterocycles. The maximum absolute atomic E-state index is 14.2. The molecule has 162 valence electrons. The summed E-state index contributed by atoms with van der Waals surface area (Å²) < 4.78 is 14.2. The van der Waals surface area contributed by atoms with Gasteiger partial charge in [0.1, 0.15) is 5.85 Å². The molecular weight excluding hydrogens is 387 g/mol. The van der Waals surface area contributed by atoms with Crippen LogP contribution in [0.5, 0.6) is 0 Å². The van der Waals surface area contributed by atoms with Crippen LogP contribution in [0, 0.1) is 38.5 Å². The lowest BCUT2D eigenvalue weighted by Crippen LogP contribution is -2.38. The Hall–Kier alpha value is -1.26. The zero-order valence-corrected chi connectivity index (χ0v) is 19.2. The Labute approximate surface area is 174 Å². The van der Waals surface area contributed by atoms with Gasteiger partial charge in [0.05, 0.1) is 12.7 Å². The van der Waals surface area contributed by atoms with Crippen molar-refractivity contribution in [3.05, 3.63) is 46.0 Å². The van der Waals surface area contributed by atoms with Crippen LogP contribution in [0.25, 0.3) is 0 Å². The summed E-state index contributed by atoms with van der Waals surface area (Å²) >= 11 is 0. The van der Waals surface area contributed by atoms with Gasteiger partial charge < -0.3 is 19.9 Å². The Morgan fingerprint density at radius 1 is 1.14 bits per heavy atom. The Morgan fingerprint density at radius 2 is 1.69 bits per heavy atom. The Kier molecular flexibility index (Phi) is 7.67. The molecule has 0 aliphatic heterocycles. The fourth-order valence-electron chi connectivity index (χ4n) is 5.02. The minimum Gasteiger partial charge on any atom is -0.394 e. The number of hydrogen-bond donors (Lipinski definition) is 3. The van der Waals surface area contributed by atoms with E-state index in [1.807, 2.05) is 39.8 Å². The van der Waals surface area contributed by atoms with E-state index in [2.05, 4.69) is 6.08 Å². The van der Waals surface area contributed by atoms with Crippen molar-refractivity contribution in [3.63, 3.8) is 0 Å². The van der Waals surface area contributed by atoms with Gasteiger partial charge in [0.2, 0.25) is 5.52 Å². The van der Waals surface area contributed by atoms with Gasteiger partial charge in [-0.05, 0) is 57.1 Å². The lowest BCUT2D eigenvalue weighted by atomic mass is 9.75. The van der Waals surface area contributed by atoms with Crippen LogP contribution in [-0.2, 0) is 4.57 Å². The number of aliphatic hydroxyl groups excluding tert-OH is 3. The minimum absolute atomic E-state index is 0.0404. The van der Waals surface area contributed by atoms with Crippen LogP contribution >= 0.6 is 7.14 Å². The summed E-state index contributed by atoms with van der Waals surface area (Å²) in [5.74, 6) is -1.71. The van der Waals surface area contributed by atoms with Crippen LogP contribution in [0.4, 0.5) is 0 Å². The lowest BCUT2D eigenvalue weighted by molar-refractivity contribution is 0.0887. The molecule has 6 heteroatoms. The smallest absolute Gasteiger partial charge is 0.224 e. The van der Waals surface area contributed by atoms with Crippen molar-refractivity contribution in [3.8, 4) is 0 Å². The number of hydrogen-bond acceptors (Lipinski definition) is 5. The van der Waals surface area contributed by atoms with Gasteiger partial charge in [-0.3, -0.25) is 4.79 Å². The standard InChI is InChI=1S/C23H35O5P/c1-13-7-15(3)20(16(4)8-13)22(26)29(28,12-19(25)11-24)23(27)21-17(5)9-14(2)10-18(21)6/h7-9,17-19,21,23-25,27H,10-12H2,1-6H3. The molecule has 0 saturated heterocycles. The number of aliphatic hydroxyl groups is 3. The molecule has 0 spiro atoms. The van der Waals surface area contributed by atoms with E-state index < -0.39 is 37.4 Å². The Bertz CT molecular complexity index is 821. The van der Waals surface area contributed by atoms with Gasteiger partial charge in [0.15, 0.2) is 7.14 Å². The monoisotopic (exact) mass is 422 g/mol. The van der Waals surface area contributed by atoms with E-state index >= 15 is 0 Å². The number of rotatable bonds is 7. The molecule has 3 N–H and O–H groups in total. The first-order valence-electron chi connectivity index (χ1n) is 10.3. The van der Waals surface area contributed by atoms with E-state index in [1.165, 1.54) is 5.57 Å². The first-order valence-corrected chi connectivity index (χ1v) is 12.2. The lowest BCUT2D eigenvalue weighted by Gasteiger charge is -2.39. The first kappa shape index (κ1) is 24.0. The van der Waals surface area contributed by atoms with Crippen molar-refractivity contribution in [1.82, 2.24) is 0 Å². The van der Waals surface area contributed by atoms with Gasteiger partial charge in [0, 0.05) is 17.6 Å². The number of allylic oxidation sites excluding steroid dienone is 2. The van der Waals surface area contributed by atoms with E-state index in [1.54, 1.807) is 13.8 Å². The average Bonchev–Trinajstić information content (AvgIpc) is 2.59. The second kappa shape index (κ2) is 9.26. The highest BCUT2D eigenvalue weighted by Crippen LogP contribution is 2.59. The zero-order chi connectivity index (χ0) is 22.1. The Morgan fingerprint density at radius 3 is 2.17 bits per heavy atom. The predicted octanol–water partition coefficient (Wildman–Crippen LogP) is 4.03. The zero-order valence-electron chi connectivity index (χ0n) is 18.3. The van der Waals surface area contributed by atoms with Gasteiger partial charge in [-0.1, -0.05) is 43.2 Å². The van der Waals surface area contributed by atoms with Crippen molar-refractivity contribution in [1.29, 1.82) is 0 Å². The fourth-order valence-corrected chi connectivity index (χ4v) is 8.24. The molecule has 6 atom stereocenters. The van der Waals surface area contributed by atoms with E-state index in [-0.39, 0.29) is 17.8 Å². The molecule has 6 unspecified atom stereocenters. The molecule has 5 nitrogen and oxygen atoms in total. The summed E-state index contributed by atoms with van der Waals surface area (Å²) in [7, 11) is -3.95. The number of benzene rings is 1. The van der Waals surface area contributed by atoms with E-state index in [9.17, 15) is 24.7 Å². The molecule has 0 fully saturated rings. The third-order valence-corrected chi connectivity index (χ3v) is 9.23. The van der Waals surface area contributed by atoms with Gasteiger partial charge >= 0.3 is 0 Å². The van der Waals surface area contributed by atoms with Crippen LogP contribution in [0.15, 0.2) is 23.8 Å². The molecule has 1 aliphatic rings. The third kappa shape index (κ3) is 4.91. The highest BCUT2D eigenvalue weighted by atomic mass is 31.2.